The van der Waals surface area contributed by atoms with Gasteiger partial charge in [-0.1, -0.05) is 41.9 Å². The summed E-state index contributed by atoms with van der Waals surface area (Å²) in [4.78, 5) is 26.9. The summed E-state index contributed by atoms with van der Waals surface area (Å²) in [6, 6.07) is 22.3. The number of halogens is 1. The quantitative estimate of drug-likeness (QED) is 0.503. The first kappa shape index (κ1) is 22.7. The second-order valence-corrected chi connectivity index (χ2v) is 8.25. The number of hydrogen-bond donors (Lipinski definition) is 1. The van der Waals surface area contributed by atoms with E-state index in [9.17, 15) is 9.59 Å². The number of fused-ring (bicyclic) bond motifs is 1. The molecule has 0 radical (unpaired) electrons. The maximum Gasteiger partial charge on any atom is 0.267 e. The number of nitrogens with one attached hydrogen (secondary N) is 1. The molecule has 1 heterocycles. The minimum absolute atomic E-state index is 0.0925. The summed E-state index contributed by atoms with van der Waals surface area (Å²) in [7, 11) is 0. The lowest BCUT2D eigenvalue weighted by atomic mass is 10.1. The van der Waals surface area contributed by atoms with Gasteiger partial charge in [0, 0.05) is 17.3 Å². The van der Waals surface area contributed by atoms with Crippen LogP contribution in [0.4, 0.5) is 11.4 Å². The van der Waals surface area contributed by atoms with Crippen LogP contribution in [0.2, 0.25) is 5.02 Å². The van der Waals surface area contributed by atoms with Crippen molar-refractivity contribution in [3.05, 3.63) is 83.4 Å². The second kappa shape index (κ2) is 10.4. The van der Waals surface area contributed by atoms with Gasteiger partial charge in [0.1, 0.15) is 11.5 Å². The summed E-state index contributed by atoms with van der Waals surface area (Å²) >= 11 is 5.86. The van der Waals surface area contributed by atoms with Gasteiger partial charge in [-0.2, -0.15) is 0 Å². The van der Waals surface area contributed by atoms with E-state index in [1.807, 2.05) is 18.2 Å². The Bertz CT molecular complexity index is 1120. The summed E-state index contributed by atoms with van der Waals surface area (Å²) in [6.45, 7) is 2.16. The fraction of sp³-hybridized carbons (Fsp3) is 0.231. The molecule has 3 aromatic rings. The Balaban J connectivity index is 1.41. The third kappa shape index (κ3) is 5.84. The van der Waals surface area contributed by atoms with Crippen molar-refractivity contribution in [3.8, 4) is 11.5 Å². The number of amides is 2. The van der Waals surface area contributed by atoms with Crippen molar-refractivity contribution in [2.45, 2.75) is 25.9 Å². The SMILES string of the molecule is CC1Oc2ccc(NC(=O)COc3ccc(Cl)cc3)cc2N(CCCc2ccccc2)C1=O. The summed E-state index contributed by atoms with van der Waals surface area (Å²) < 4.78 is 11.3. The number of hydrogen-bond acceptors (Lipinski definition) is 4. The predicted molar refractivity (Wildman–Crippen MR) is 129 cm³/mol. The molecule has 1 unspecified atom stereocenters. The van der Waals surface area contributed by atoms with Crippen molar-refractivity contribution in [2.75, 3.05) is 23.4 Å². The number of benzene rings is 3. The van der Waals surface area contributed by atoms with E-state index in [0.29, 0.717) is 34.4 Å². The number of anilines is 2. The first-order valence-electron chi connectivity index (χ1n) is 10.8. The summed E-state index contributed by atoms with van der Waals surface area (Å²) in [6.07, 6.45) is 1.13. The number of ether oxygens (including phenoxy) is 2. The van der Waals surface area contributed by atoms with E-state index in [0.717, 1.165) is 12.8 Å². The van der Waals surface area contributed by atoms with E-state index in [-0.39, 0.29) is 18.4 Å². The molecule has 0 aromatic heterocycles. The molecule has 6 nitrogen and oxygen atoms in total. The summed E-state index contributed by atoms with van der Waals surface area (Å²) in [5, 5.41) is 3.42. The van der Waals surface area contributed by atoms with Gasteiger partial charge in [-0.05, 0) is 67.8 Å². The number of aryl methyl sites for hydroxylation is 1. The average molecular weight is 465 g/mol. The zero-order chi connectivity index (χ0) is 23.2. The topological polar surface area (TPSA) is 67.9 Å². The van der Waals surface area contributed by atoms with Crippen LogP contribution >= 0.6 is 11.6 Å². The number of nitrogens with zero attached hydrogens (tertiary/aromatic N) is 1. The first-order valence-corrected chi connectivity index (χ1v) is 11.2. The molecule has 1 N–H and O–H groups in total. The highest BCUT2D eigenvalue weighted by Crippen LogP contribution is 2.36. The molecule has 0 spiro atoms. The van der Waals surface area contributed by atoms with Crippen LogP contribution in [0, 0.1) is 0 Å². The van der Waals surface area contributed by atoms with Crippen LogP contribution in [0.15, 0.2) is 72.8 Å². The van der Waals surface area contributed by atoms with Crippen molar-refractivity contribution in [1.29, 1.82) is 0 Å². The molecule has 170 valence electrons. The maximum atomic E-state index is 12.8. The van der Waals surface area contributed by atoms with Crippen LogP contribution in [0.5, 0.6) is 11.5 Å². The van der Waals surface area contributed by atoms with E-state index in [4.69, 9.17) is 21.1 Å². The lowest BCUT2D eigenvalue weighted by Gasteiger charge is -2.33. The number of carbonyl (C=O) groups excluding carboxylic acids is 2. The Hall–Kier alpha value is -3.51. The first-order chi connectivity index (χ1) is 16.0. The van der Waals surface area contributed by atoms with E-state index in [1.54, 1.807) is 54.3 Å². The third-order valence-corrected chi connectivity index (χ3v) is 5.58. The molecule has 7 heteroatoms. The number of rotatable bonds is 8. The third-order valence-electron chi connectivity index (χ3n) is 5.32. The fourth-order valence-electron chi connectivity index (χ4n) is 3.68. The Morgan fingerprint density at radius 3 is 2.61 bits per heavy atom. The Kier molecular flexibility index (Phi) is 7.15. The van der Waals surface area contributed by atoms with Crippen molar-refractivity contribution in [1.82, 2.24) is 0 Å². The van der Waals surface area contributed by atoms with E-state index < -0.39 is 6.10 Å². The molecule has 1 aliphatic rings. The van der Waals surface area contributed by atoms with Gasteiger partial charge in [0.25, 0.3) is 11.8 Å². The second-order valence-electron chi connectivity index (χ2n) is 7.81. The molecule has 1 aliphatic heterocycles. The van der Waals surface area contributed by atoms with Crippen molar-refractivity contribution < 1.29 is 19.1 Å². The van der Waals surface area contributed by atoms with Gasteiger partial charge >= 0.3 is 0 Å². The van der Waals surface area contributed by atoms with Crippen LogP contribution in [-0.2, 0) is 16.0 Å². The van der Waals surface area contributed by atoms with Gasteiger partial charge in [-0.3, -0.25) is 9.59 Å². The molecular formula is C26H25ClN2O4. The molecule has 2 amide bonds. The molecule has 0 aliphatic carbocycles. The highest BCUT2D eigenvalue weighted by Gasteiger charge is 2.31. The lowest BCUT2D eigenvalue weighted by molar-refractivity contribution is -0.125. The predicted octanol–water partition coefficient (Wildman–Crippen LogP) is 5.10. The van der Waals surface area contributed by atoms with Gasteiger partial charge in [-0.15, -0.1) is 0 Å². The fourth-order valence-corrected chi connectivity index (χ4v) is 3.80. The van der Waals surface area contributed by atoms with Gasteiger partial charge in [0.2, 0.25) is 0 Å². The zero-order valence-corrected chi connectivity index (χ0v) is 19.0. The van der Waals surface area contributed by atoms with Crippen LogP contribution in [0.1, 0.15) is 18.9 Å². The minimum Gasteiger partial charge on any atom is -0.484 e. The van der Waals surface area contributed by atoms with Gasteiger partial charge < -0.3 is 19.7 Å². The van der Waals surface area contributed by atoms with Crippen LogP contribution in [0.25, 0.3) is 0 Å². The highest BCUT2D eigenvalue weighted by molar-refractivity contribution is 6.30. The molecule has 3 aromatic carbocycles. The average Bonchev–Trinajstić information content (AvgIpc) is 2.82. The standard InChI is InChI=1S/C26H25ClN2O4/c1-18-26(31)29(15-5-8-19-6-3-2-4-7-19)23-16-21(11-14-24(23)33-18)28-25(30)17-32-22-12-9-20(27)10-13-22/h2-4,6-7,9-14,16,18H,5,8,15,17H2,1H3,(H,28,30). The molecule has 0 saturated heterocycles. The summed E-state index contributed by atoms with van der Waals surface area (Å²) in [5.41, 5.74) is 2.45. The largest absolute Gasteiger partial charge is 0.484 e. The molecule has 4 rings (SSSR count). The molecular weight excluding hydrogens is 440 g/mol. The van der Waals surface area contributed by atoms with Gasteiger partial charge in [-0.25, -0.2) is 0 Å². The Labute approximate surface area is 198 Å². The van der Waals surface area contributed by atoms with Gasteiger partial charge in [0.15, 0.2) is 12.7 Å². The molecule has 1 atom stereocenters. The molecule has 0 bridgehead atoms. The lowest BCUT2D eigenvalue weighted by Crippen LogP contribution is -2.45. The van der Waals surface area contributed by atoms with Crippen LogP contribution < -0.4 is 19.7 Å². The summed E-state index contributed by atoms with van der Waals surface area (Å²) in [5.74, 6) is 0.775. The normalized spacial score (nSPS) is 14.9. The van der Waals surface area contributed by atoms with E-state index in [1.165, 1.54) is 5.56 Å². The highest BCUT2D eigenvalue weighted by atomic mass is 35.5. The smallest absolute Gasteiger partial charge is 0.267 e. The zero-order valence-electron chi connectivity index (χ0n) is 18.3. The van der Waals surface area contributed by atoms with E-state index >= 15 is 0 Å². The Morgan fingerprint density at radius 1 is 1.09 bits per heavy atom. The van der Waals surface area contributed by atoms with Crippen LogP contribution in [0.3, 0.4) is 0 Å². The minimum atomic E-state index is -0.553. The van der Waals surface area contributed by atoms with Crippen molar-refractivity contribution >= 4 is 34.8 Å². The van der Waals surface area contributed by atoms with E-state index in [2.05, 4.69) is 17.4 Å². The van der Waals surface area contributed by atoms with Crippen LogP contribution in [-0.4, -0.2) is 31.1 Å². The number of carbonyl (C=O) groups is 2. The van der Waals surface area contributed by atoms with Crippen molar-refractivity contribution in [2.24, 2.45) is 0 Å². The monoisotopic (exact) mass is 464 g/mol. The molecule has 33 heavy (non-hydrogen) atoms. The van der Waals surface area contributed by atoms with Crippen molar-refractivity contribution in [3.63, 3.8) is 0 Å². The van der Waals surface area contributed by atoms with Gasteiger partial charge in [0.05, 0.1) is 5.69 Å². The maximum absolute atomic E-state index is 12.8. The molecule has 0 saturated carbocycles. The molecule has 0 fully saturated rings. The Morgan fingerprint density at radius 2 is 1.85 bits per heavy atom.